The Kier molecular flexibility index (Phi) is 19.2. The number of methoxy groups -OCH3 is 3. The number of rotatable bonds is 14. The normalized spacial score (nSPS) is 11.0. The van der Waals surface area contributed by atoms with Gasteiger partial charge in [-0.25, -0.2) is 0 Å². The fraction of sp³-hybridized carbons (Fsp3) is 0.882. The van der Waals surface area contributed by atoms with Crippen LogP contribution in [-0.2, 0) is 18.9 Å². The van der Waals surface area contributed by atoms with Gasteiger partial charge in [0.15, 0.2) is 0 Å². The molecule has 4 nitrogen and oxygen atoms in total. The van der Waals surface area contributed by atoms with Crippen LogP contribution in [0.5, 0.6) is 0 Å². The van der Waals surface area contributed by atoms with Crippen molar-refractivity contribution in [2.24, 2.45) is 0 Å². The van der Waals surface area contributed by atoms with Crippen LogP contribution in [-0.4, -0.2) is 40.5 Å². The van der Waals surface area contributed by atoms with Crippen molar-refractivity contribution < 1.29 is 18.9 Å². The lowest BCUT2D eigenvalue weighted by atomic mass is 10.1. The highest BCUT2D eigenvalue weighted by atomic mass is 16.9. The monoisotopic (exact) mass is 304 g/mol. The molecule has 0 amide bonds. The minimum Gasteiger partial charge on any atom is -0.373 e. The molecule has 0 saturated heterocycles. The maximum absolute atomic E-state index is 5.54. The number of hydrogen-bond acceptors (Lipinski definition) is 4. The first-order chi connectivity index (χ1) is 10.2. The standard InChI is InChI=1S/C15H32O4.C2H4/c1-5-6-7-8-9-10-11-12-13-19-14-15(16-2,17-3)18-4;1-2/h5-14H2,1-4H3;1-2H2. The lowest BCUT2D eigenvalue weighted by molar-refractivity contribution is -0.368. The fourth-order valence-corrected chi connectivity index (χ4v) is 1.96. The van der Waals surface area contributed by atoms with E-state index in [0.717, 1.165) is 13.0 Å². The third kappa shape index (κ3) is 13.0. The molecule has 128 valence electrons. The second-order valence-corrected chi connectivity index (χ2v) is 4.82. The molecule has 0 heterocycles. The number of ether oxygens (including phenoxy) is 4. The summed E-state index contributed by atoms with van der Waals surface area (Å²) in [5.41, 5.74) is 0. The van der Waals surface area contributed by atoms with Gasteiger partial charge in [0.25, 0.3) is 0 Å². The van der Waals surface area contributed by atoms with Gasteiger partial charge in [-0.05, 0) is 6.42 Å². The molecule has 0 rings (SSSR count). The predicted octanol–water partition coefficient (Wildman–Crippen LogP) is 4.54. The summed E-state index contributed by atoms with van der Waals surface area (Å²) in [6.07, 6.45) is 10.4. The van der Waals surface area contributed by atoms with E-state index in [1.54, 1.807) is 21.3 Å². The van der Waals surface area contributed by atoms with E-state index in [-0.39, 0.29) is 0 Å². The Bertz CT molecular complexity index is 185. The van der Waals surface area contributed by atoms with E-state index < -0.39 is 5.97 Å². The molecule has 0 saturated carbocycles. The molecule has 0 bridgehead atoms. The smallest absolute Gasteiger partial charge is 0.307 e. The zero-order valence-electron chi connectivity index (χ0n) is 14.6. The summed E-state index contributed by atoms with van der Waals surface area (Å²) < 4.78 is 21.0. The first kappa shape index (κ1) is 22.9. The highest BCUT2D eigenvalue weighted by Crippen LogP contribution is 2.13. The Labute approximate surface area is 131 Å². The Morgan fingerprint density at radius 3 is 1.57 bits per heavy atom. The highest BCUT2D eigenvalue weighted by molar-refractivity contribution is 4.53. The van der Waals surface area contributed by atoms with Crippen LogP contribution >= 0.6 is 0 Å². The number of hydrogen-bond donors (Lipinski definition) is 0. The molecule has 21 heavy (non-hydrogen) atoms. The van der Waals surface area contributed by atoms with Gasteiger partial charge in [0, 0.05) is 27.9 Å². The molecule has 0 aliphatic carbocycles. The van der Waals surface area contributed by atoms with Gasteiger partial charge < -0.3 is 18.9 Å². The van der Waals surface area contributed by atoms with Crippen molar-refractivity contribution in [3.05, 3.63) is 13.2 Å². The molecule has 0 N–H and O–H groups in total. The van der Waals surface area contributed by atoms with Gasteiger partial charge in [0.2, 0.25) is 0 Å². The van der Waals surface area contributed by atoms with Gasteiger partial charge >= 0.3 is 5.97 Å². The van der Waals surface area contributed by atoms with Crippen molar-refractivity contribution >= 4 is 0 Å². The van der Waals surface area contributed by atoms with Crippen molar-refractivity contribution in [2.75, 3.05) is 34.5 Å². The Morgan fingerprint density at radius 2 is 1.14 bits per heavy atom. The molecule has 0 aliphatic heterocycles. The Hall–Kier alpha value is -0.420. The summed E-state index contributed by atoms with van der Waals surface area (Å²) in [7, 11) is 4.64. The molecule has 0 spiro atoms. The molecule has 4 heteroatoms. The van der Waals surface area contributed by atoms with Gasteiger partial charge in [-0.15, -0.1) is 13.2 Å². The molecule has 0 atom stereocenters. The molecule has 0 aromatic heterocycles. The molecule has 0 aliphatic rings. The van der Waals surface area contributed by atoms with Crippen molar-refractivity contribution in [1.82, 2.24) is 0 Å². The molecule has 0 unspecified atom stereocenters. The van der Waals surface area contributed by atoms with E-state index in [9.17, 15) is 0 Å². The predicted molar refractivity (Wildman–Crippen MR) is 88.4 cm³/mol. The van der Waals surface area contributed by atoms with Crippen LogP contribution in [0.3, 0.4) is 0 Å². The third-order valence-corrected chi connectivity index (χ3v) is 3.35. The van der Waals surface area contributed by atoms with Crippen LogP contribution in [0.4, 0.5) is 0 Å². The van der Waals surface area contributed by atoms with Crippen LogP contribution in [0.15, 0.2) is 13.2 Å². The lowest BCUT2D eigenvalue weighted by Crippen LogP contribution is -2.41. The van der Waals surface area contributed by atoms with Crippen LogP contribution < -0.4 is 0 Å². The van der Waals surface area contributed by atoms with Gasteiger partial charge in [0.1, 0.15) is 6.61 Å². The minimum absolute atomic E-state index is 0.299. The molecule has 0 fully saturated rings. The maximum atomic E-state index is 5.54. The van der Waals surface area contributed by atoms with E-state index in [1.807, 2.05) is 0 Å². The summed E-state index contributed by atoms with van der Waals surface area (Å²) in [4.78, 5) is 0. The second-order valence-electron chi connectivity index (χ2n) is 4.82. The van der Waals surface area contributed by atoms with E-state index >= 15 is 0 Å². The van der Waals surface area contributed by atoms with Gasteiger partial charge in [-0.2, -0.15) is 0 Å². The average Bonchev–Trinajstić information content (AvgIpc) is 2.55. The SMILES string of the molecule is C=C.CCCCCCCCCCOCC(OC)(OC)OC. The van der Waals surface area contributed by atoms with E-state index in [1.165, 1.54) is 44.9 Å². The van der Waals surface area contributed by atoms with Crippen LogP contribution in [0.1, 0.15) is 58.3 Å². The summed E-state index contributed by atoms with van der Waals surface area (Å²) >= 11 is 0. The summed E-state index contributed by atoms with van der Waals surface area (Å²) in [5, 5.41) is 0. The molecule has 0 aromatic rings. The van der Waals surface area contributed by atoms with Gasteiger partial charge in [-0.3, -0.25) is 0 Å². The van der Waals surface area contributed by atoms with Crippen LogP contribution in [0.2, 0.25) is 0 Å². The maximum Gasteiger partial charge on any atom is 0.307 e. The summed E-state index contributed by atoms with van der Waals surface area (Å²) in [5.74, 6) is -1.06. The summed E-state index contributed by atoms with van der Waals surface area (Å²) in [6, 6.07) is 0. The average molecular weight is 304 g/mol. The van der Waals surface area contributed by atoms with Crippen LogP contribution in [0.25, 0.3) is 0 Å². The van der Waals surface area contributed by atoms with Crippen molar-refractivity contribution in [3.63, 3.8) is 0 Å². The van der Waals surface area contributed by atoms with Crippen molar-refractivity contribution in [1.29, 1.82) is 0 Å². The van der Waals surface area contributed by atoms with E-state index in [2.05, 4.69) is 20.1 Å². The summed E-state index contributed by atoms with van der Waals surface area (Å²) in [6.45, 7) is 9.28. The van der Waals surface area contributed by atoms with Crippen molar-refractivity contribution in [3.8, 4) is 0 Å². The molecular formula is C17H36O4. The second kappa shape index (κ2) is 17.6. The van der Waals surface area contributed by atoms with Crippen molar-refractivity contribution in [2.45, 2.75) is 64.3 Å². The highest BCUT2D eigenvalue weighted by Gasteiger charge is 2.29. The first-order valence-corrected chi connectivity index (χ1v) is 7.98. The Balaban J connectivity index is 0. The number of unbranched alkanes of at least 4 members (excludes halogenated alkanes) is 7. The zero-order chi connectivity index (χ0) is 16.4. The lowest BCUT2D eigenvalue weighted by Gasteiger charge is -2.28. The largest absolute Gasteiger partial charge is 0.373 e. The van der Waals surface area contributed by atoms with E-state index in [0.29, 0.717) is 6.61 Å². The fourth-order valence-electron chi connectivity index (χ4n) is 1.96. The van der Waals surface area contributed by atoms with E-state index in [4.69, 9.17) is 18.9 Å². The third-order valence-electron chi connectivity index (χ3n) is 3.35. The van der Waals surface area contributed by atoms with Gasteiger partial charge in [0.05, 0.1) is 0 Å². The Morgan fingerprint density at radius 1 is 0.714 bits per heavy atom. The first-order valence-electron chi connectivity index (χ1n) is 7.98. The van der Waals surface area contributed by atoms with Gasteiger partial charge in [-0.1, -0.05) is 51.9 Å². The minimum atomic E-state index is -1.06. The molecular weight excluding hydrogens is 268 g/mol. The van der Waals surface area contributed by atoms with Crippen LogP contribution in [0, 0.1) is 0 Å². The molecule has 0 radical (unpaired) electrons. The zero-order valence-corrected chi connectivity index (χ0v) is 14.6. The quantitative estimate of drug-likeness (QED) is 0.268. The molecule has 0 aromatic carbocycles. The topological polar surface area (TPSA) is 36.9 Å².